The molecule has 0 spiro atoms. The molecular formula is C20H16N2O3. The Hall–Kier alpha value is -3.47. The summed E-state index contributed by atoms with van der Waals surface area (Å²) in [5.74, 6) is -0.0139. The van der Waals surface area contributed by atoms with Crippen LogP contribution in [0.15, 0.2) is 72.8 Å². The van der Waals surface area contributed by atoms with Crippen molar-refractivity contribution in [2.24, 2.45) is 0 Å². The number of nitro groups is 1. The molecule has 0 saturated heterocycles. The summed E-state index contributed by atoms with van der Waals surface area (Å²) in [5, 5.41) is 13.8. The number of nitrogens with one attached hydrogen (secondary N) is 1. The number of non-ortho nitro benzene ring substituents is 1. The average Bonchev–Trinajstić information content (AvgIpc) is 2.63. The van der Waals surface area contributed by atoms with E-state index in [2.05, 4.69) is 5.32 Å². The summed E-state index contributed by atoms with van der Waals surface area (Å²) in [6.45, 7) is 1.91. The number of aryl methyl sites for hydroxylation is 1. The summed E-state index contributed by atoms with van der Waals surface area (Å²) >= 11 is 0. The van der Waals surface area contributed by atoms with Crippen molar-refractivity contribution in [3.05, 3.63) is 99.6 Å². The Labute approximate surface area is 145 Å². The summed E-state index contributed by atoms with van der Waals surface area (Å²) < 4.78 is 0. The van der Waals surface area contributed by atoms with E-state index in [1.54, 1.807) is 24.3 Å². The van der Waals surface area contributed by atoms with Crippen molar-refractivity contribution >= 4 is 22.8 Å². The lowest BCUT2D eigenvalue weighted by atomic mass is 9.99. The van der Waals surface area contributed by atoms with Crippen molar-refractivity contribution in [1.29, 1.82) is 0 Å². The molecule has 0 radical (unpaired) electrons. The van der Waals surface area contributed by atoms with Gasteiger partial charge >= 0.3 is 0 Å². The highest BCUT2D eigenvalue weighted by Crippen LogP contribution is 2.21. The lowest BCUT2D eigenvalue weighted by Gasteiger charge is -2.08. The molecule has 0 aromatic heterocycles. The van der Waals surface area contributed by atoms with Crippen molar-refractivity contribution in [2.45, 2.75) is 6.92 Å². The van der Waals surface area contributed by atoms with Gasteiger partial charge in [-0.3, -0.25) is 14.9 Å². The van der Waals surface area contributed by atoms with Crippen LogP contribution in [0.1, 0.15) is 21.5 Å². The van der Waals surface area contributed by atoms with E-state index in [1.165, 1.54) is 12.1 Å². The monoisotopic (exact) mass is 332 g/mol. The van der Waals surface area contributed by atoms with Gasteiger partial charge in [0.15, 0.2) is 5.78 Å². The molecule has 3 aromatic rings. The standard InChI is InChI=1S/C20H16N2O3/c1-14-4-2-3-5-19(14)20(23)15-6-8-16(9-7-15)21-17-10-12-18(13-11-17)22(24)25/h2-13,21H,1H3. The molecule has 3 rings (SSSR count). The maximum Gasteiger partial charge on any atom is 0.269 e. The average molecular weight is 332 g/mol. The fraction of sp³-hybridized carbons (Fsp3) is 0.0500. The molecule has 0 unspecified atom stereocenters. The highest BCUT2D eigenvalue weighted by Gasteiger charge is 2.11. The first-order valence-electron chi connectivity index (χ1n) is 7.76. The third-order valence-corrected chi connectivity index (χ3v) is 3.90. The van der Waals surface area contributed by atoms with E-state index in [0.717, 1.165) is 16.9 Å². The van der Waals surface area contributed by atoms with Crippen molar-refractivity contribution in [1.82, 2.24) is 0 Å². The van der Waals surface area contributed by atoms with Gasteiger partial charge in [0.05, 0.1) is 4.92 Å². The first kappa shape index (κ1) is 16.4. The first-order chi connectivity index (χ1) is 12.0. The quantitative estimate of drug-likeness (QED) is 0.411. The molecule has 0 aliphatic rings. The van der Waals surface area contributed by atoms with Gasteiger partial charge in [-0.15, -0.1) is 0 Å². The Morgan fingerprint density at radius 2 is 1.44 bits per heavy atom. The fourth-order valence-electron chi connectivity index (χ4n) is 2.52. The molecule has 3 aromatic carbocycles. The molecule has 1 N–H and O–H groups in total. The minimum Gasteiger partial charge on any atom is -0.356 e. The summed E-state index contributed by atoms with van der Waals surface area (Å²) in [4.78, 5) is 22.8. The van der Waals surface area contributed by atoms with Gasteiger partial charge in [0, 0.05) is 34.6 Å². The van der Waals surface area contributed by atoms with Gasteiger partial charge in [0.1, 0.15) is 0 Å². The van der Waals surface area contributed by atoms with Gasteiger partial charge in [-0.25, -0.2) is 0 Å². The van der Waals surface area contributed by atoms with Crippen molar-refractivity contribution in [2.75, 3.05) is 5.32 Å². The molecule has 5 nitrogen and oxygen atoms in total. The number of benzene rings is 3. The fourth-order valence-corrected chi connectivity index (χ4v) is 2.52. The van der Waals surface area contributed by atoms with Crippen LogP contribution in [0.5, 0.6) is 0 Å². The maximum atomic E-state index is 12.6. The van der Waals surface area contributed by atoms with Gasteiger partial charge in [0.2, 0.25) is 0 Å². The zero-order chi connectivity index (χ0) is 17.8. The number of carbonyl (C=O) groups excluding carboxylic acids is 1. The number of hydrogen-bond donors (Lipinski definition) is 1. The van der Waals surface area contributed by atoms with Crippen LogP contribution in [-0.2, 0) is 0 Å². The number of anilines is 2. The van der Waals surface area contributed by atoms with Gasteiger partial charge in [-0.1, -0.05) is 24.3 Å². The van der Waals surface area contributed by atoms with Crippen LogP contribution in [0.25, 0.3) is 0 Å². The van der Waals surface area contributed by atoms with E-state index in [4.69, 9.17) is 0 Å². The van der Waals surface area contributed by atoms with Crippen LogP contribution >= 0.6 is 0 Å². The van der Waals surface area contributed by atoms with Crippen LogP contribution in [-0.4, -0.2) is 10.7 Å². The topological polar surface area (TPSA) is 72.2 Å². The number of nitro benzene ring substituents is 1. The third kappa shape index (κ3) is 3.72. The highest BCUT2D eigenvalue weighted by molar-refractivity contribution is 6.10. The minimum absolute atomic E-state index is 0.0139. The van der Waals surface area contributed by atoms with E-state index in [-0.39, 0.29) is 11.5 Å². The van der Waals surface area contributed by atoms with E-state index >= 15 is 0 Å². The van der Waals surface area contributed by atoms with Crippen molar-refractivity contribution in [3.63, 3.8) is 0 Å². The first-order valence-corrected chi connectivity index (χ1v) is 7.76. The second kappa shape index (κ2) is 6.97. The largest absolute Gasteiger partial charge is 0.356 e. The molecule has 0 amide bonds. The Morgan fingerprint density at radius 3 is 2.00 bits per heavy atom. The third-order valence-electron chi connectivity index (χ3n) is 3.90. The normalized spacial score (nSPS) is 10.3. The lowest BCUT2D eigenvalue weighted by molar-refractivity contribution is -0.384. The summed E-state index contributed by atoms with van der Waals surface area (Å²) in [7, 11) is 0. The SMILES string of the molecule is Cc1ccccc1C(=O)c1ccc(Nc2ccc([N+](=O)[O-])cc2)cc1. The van der Waals surface area contributed by atoms with E-state index in [0.29, 0.717) is 11.1 Å². The summed E-state index contributed by atoms with van der Waals surface area (Å²) in [6.07, 6.45) is 0. The van der Waals surface area contributed by atoms with Crippen LogP contribution < -0.4 is 5.32 Å². The molecule has 0 fully saturated rings. The molecule has 5 heteroatoms. The second-order valence-electron chi connectivity index (χ2n) is 5.65. The summed E-state index contributed by atoms with van der Waals surface area (Å²) in [6, 6.07) is 20.8. The number of rotatable bonds is 5. The zero-order valence-electron chi connectivity index (χ0n) is 13.6. The van der Waals surface area contributed by atoms with Gasteiger partial charge in [0.25, 0.3) is 5.69 Å². The predicted molar refractivity (Wildman–Crippen MR) is 97.4 cm³/mol. The lowest BCUT2D eigenvalue weighted by Crippen LogP contribution is -2.03. The zero-order valence-corrected chi connectivity index (χ0v) is 13.6. The highest BCUT2D eigenvalue weighted by atomic mass is 16.6. The molecule has 0 aliphatic heterocycles. The maximum absolute atomic E-state index is 12.6. The Bertz CT molecular complexity index is 916. The Kier molecular flexibility index (Phi) is 4.57. The molecule has 0 saturated carbocycles. The smallest absolute Gasteiger partial charge is 0.269 e. The number of hydrogen-bond acceptors (Lipinski definition) is 4. The summed E-state index contributed by atoms with van der Waals surface area (Å²) in [5.41, 5.74) is 3.84. The molecule has 0 heterocycles. The second-order valence-corrected chi connectivity index (χ2v) is 5.65. The van der Waals surface area contributed by atoms with E-state index < -0.39 is 4.92 Å². The van der Waals surface area contributed by atoms with Gasteiger partial charge in [-0.05, 0) is 48.9 Å². The van der Waals surface area contributed by atoms with Crippen LogP contribution in [0.2, 0.25) is 0 Å². The molecule has 0 aliphatic carbocycles. The Balaban J connectivity index is 1.75. The van der Waals surface area contributed by atoms with Crippen LogP contribution in [0.3, 0.4) is 0 Å². The van der Waals surface area contributed by atoms with Crippen LogP contribution in [0.4, 0.5) is 17.1 Å². The molecule has 0 atom stereocenters. The minimum atomic E-state index is -0.435. The van der Waals surface area contributed by atoms with Gasteiger partial charge < -0.3 is 5.32 Å². The molecule has 25 heavy (non-hydrogen) atoms. The van der Waals surface area contributed by atoms with Crippen molar-refractivity contribution < 1.29 is 9.72 Å². The number of nitrogens with zero attached hydrogens (tertiary/aromatic N) is 1. The molecule has 124 valence electrons. The van der Waals surface area contributed by atoms with Gasteiger partial charge in [-0.2, -0.15) is 0 Å². The Morgan fingerprint density at radius 1 is 0.880 bits per heavy atom. The van der Waals surface area contributed by atoms with E-state index in [1.807, 2.05) is 43.3 Å². The molecule has 0 bridgehead atoms. The van der Waals surface area contributed by atoms with Crippen LogP contribution in [0, 0.1) is 17.0 Å². The van der Waals surface area contributed by atoms with E-state index in [9.17, 15) is 14.9 Å². The molecular weight excluding hydrogens is 316 g/mol. The predicted octanol–water partition coefficient (Wildman–Crippen LogP) is 4.88. The van der Waals surface area contributed by atoms with Crippen molar-refractivity contribution in [3.8, 4) is 0 Å². The number of ketones is 1. The number of carbonyl (C=O) groups is 1.